The number of sulfone groups is 1. The van der Waals surface area contributed by atoms with Crippen molar-refractivity contribution in [2.24, 2.45) is 16.5 Å². The van der Waals surface area contributed by atoms with Gasteiger partial charge in [-0.15, -0.1) is 0 Å². The molecule has 0 fully saturated rings. The first-order valence-corrected chi connectivity index (χ1v) is 6.68. The van der Waals surface area contributed by atoms with Crippen molar-refractivity contribution in [3.63, 3.8) is 0 Å². The maximum atomic E-state index is 11.8. The molecule has 1 aromatic rings. The highest BCUT2D eigenvalue weighted by molar-refractivity contribution is 7.92. The summed E-state index contributed by atoms with van der Waals surface area (Å²) in [6, 6.07) is 4.35. The third-order valence-corrected chi connectivity index (χ3v) is 4.27. The highest BCUT2D eigenvalue weighted by atomic mass is 32.2. The summed E-state index contributed by atoms with van der Waals surface area (Å²) in [4.78, 5) is 16.7. The van der Waals surface area contributed by atoms with Gasteiger partial charge >= 0.3 is 0 Å². The molecule has 1 aliphatic heterocycles. The molecule has 0 aromatic heterocycles. The molecule has 7 nitrogen and oxygen atoms in total. The molecule has 2 rings (SSSR count). The number of anilines is 1. The summed E-state index contributed by atoms with van der Waals surface area (Å²) in [7, 11) is -1.71. The predicted octanol–water partition coefficient (Wildman–Crippen LogP) is -0.719. The van der Waals surface area contributed by atoms with E-state index in [1.165, 1.54) is 12.1 Å². The van der Waals surface area contributed by atoms with E-state index in [2.05, 4.69) is 4.99 Å². The first kappa shape index (κ1) is 12.4. The summed E-state index contributed by atoms with van der Waals surface area (Å²) in [5.74, 6) is -1.12. The summed E-state index contributed by atoms with van der Waals surface area (Å²) in [5.41, 5.74) is 10.9. The highest BCUT2D eigenvalue weighted by Crippen LogP contribution is 2.33. The maximum absolute atomic E-state index is 11.8. The minimum Gasteiger partial charge on any atom is -0.370 e. The van der Waals surface area contributed by atoms with Crippen LogP contribution in [0.15, 0.2) is 28.1 Å². The number of hydrogen-bond donors (Lipinski definition) is 2. The fourth-order valence-corrected chi connectivity index (χ4v) is 3.42. The quantitative estimate of drug-likeness (QED) is 0.512. The fraction of sp³-hybridized carbons (Fsp3) is 0.200. The minimum absolute atomic E-state index is 0.0950. The van der Waals surface area contributed by atoms with Crippen LogP contribution >= 0.6 is 0 Å². The average Bonchev–Trinajstić information content (AvgIpc) is 2.48. The summed E-state index contributed by atoms with van der Waals surface area (Å²) in [6.07, 6.45) is 0. The molecular weight excluding hydrogens is 256 g/mol. The van der Waals surface area contributed by atoms with Crippen molar-refractivity contribution in [1.29, 1.82) is 0 Å². The summed E-state index contributed by atoms with van der Waals surface area (Å²) >= 11 is 0. The molecule has 0 saturated carbocycles. The fourth-order valence-electron chi connectivity index (χ4n) is 1.79. The van der Waals surface area contributed by atoms with E-state index in [1.54, 1.807) is 18.0 Å². The highest BCUT2D eigenvalue weighted by Gasteiger charge is 2.30. The SMILES string of the molecule is CN1CS(=O)(=O)c2cc(C(=O)N=C(N)N)ccc21. The molecule has 1 heterocycles. The second-order valence-corrected chi connectivity index (χ2v) is 5.89. The van der Waals surface area contributed by atoms with Gasteiger partial charge in [-0.1, -0.05) is 0 Å². The number of nitrogens with zero attached hydrogens (tertiary/aromatic N) is 2. The Balaban J connectivity index is 2.52. The zero-order valence-electron chi connectivity index (χ0n) is 9.62. The number of aliphatic imine (C=N–C) groups is 1. The van der Waals surface area contributed by atoms with E-state index >= 15 is 0 Å². The van der Waals surface area contributed by atoms with Gasteiger partial charge in [-0.25, -0.2) is 8.42 Å². The third-order valence-electron chi connectivity index (χ3n) is 2.55. The lowest BCUT2D eigenvalue weighted by Crippen LogP contribution is -2.24. The Morgan fingerprint density at radius 2 is 2.06 bits per heavy atom. The number of fused-ring (bicyclic) bond motifs is 1. The lowest BCUT2D eigenvalue weighted by Gasteiger charge is -2.09. The number of hydrogen-bond acceptors (Lipinski definition) is 4. The van der Waals surface area contributed by atoms with E-state index in [1.807, 2.05) is 0 Å². The molecule has 8 heteroatoms. The van der Waals surface area contributed by atoms with Gasteiger partial charge in [0.2, 0.25) is 0 Å². The van der Waals surface area contributed by atoms with E-state index < -0.39 is 15.7 Å². The molecule has 0 radical (unpaired) electrons. The van der Waals surface area contributed by atoms with Crippen molar-refractivity contribution >= 4 is 27.4 Å². The number of rotatable bonds is 1. The number of amides is 1. The van der Waals surface area contributed by atoms with Gasteiger partial charge in [-0.05, 0) is 18.2 Å². The van der Waals surface area contributed by atoms with Crippen molar-refractivity contribution in [2.75, 3.05) is 17.8 Å². The second-order valence-electron chi connectivity index (χ2n) is 3.97. The van der Waals surface area contributed by atoms with Crippen LogP contribution in [0.3, 0.4) is 0 Å². The Morgan fingerprint density at radius 1 is 1.39 bits per heavy atom. The molecule has 18 heavy (non-hydrogen) atoms. The molecule has 1 aromatic carbocycles. The molecule has 0 aliphatic carbocycles. The Labute approximate surface area is 104 Å². The molecule has 0 unspecified atom stereocenters. The van der Waals surface area contributed by atoms with Crippen LogP contribution in [0, 0.1) is 0 Å². The molecule has 1 aliphatic rings. The van der Waals surface area contributed by atoms with Crippen LogP contribution in [0.1, 0.15) is 10.4 Å². The smallest absolute Gasteiger partial charge is 0.280 e. The number of carbonyl (C=O) groups excluding carboxylic acids is 1. The first-order chi connectivity index (χ1) is 8.31. The van der Waals surface area contributed by atoms with Crippen molar-refractivity contribution in [3.05, 3.63) is 23.8 Å². The molecule has 0 spiro atoms. The summed E-state index contributed by atoms with van der Waals surface area (Å²) in [6.45, 7) is 0. The molecular formula is C10H12N4O3S. The van der Waals surface area contributed by atoms with Gasteiger partial charge in [0.15, 0.2) is 15.8 Å². The molecule has 96 valence electrons. The van der Waals surface area contributed by atoms with Gasteiger partial charge in [-0.3, -0.25) is 4.79 Å². The molecule has 0 saturated heterocycles. The van der Waals surface area contributed by atoms with Gasteiger partial charge in [0.25, 0.3) is 5.91 Å². The Hall–Kier alpha value is -2.09. The number of guanidine groups is 1. The number of carbonyl (C=O) groups is 1. The summed E-state index contributed by atoms with van der Waals surface area (Å²) in [5, 5.41) is 0. The number of benzene rings is 1. The van der Waals surface area contributed by atoms with Gasteiger partial charge in [0.05, 0.1) is 10.6 Å². The van der Waals surface area contributed by atoms with E-state index in [4.69, 9.17) is 11.5 Å². The largest absolute Gasteiger partial charge is 0.370 e. The van der Waals surface area contributed by atoms with Crippen LogP contribution in [0.25, 0.3) is 0 Å². The van der Waals surface area contributed by atoms with Gasteiger partial charge < -0.3 is 16.4 Å². The normalized spacial score (nSPS) is 16.2. The lowest BCUT2D eigenvalue weighted by atomic mass is 10.2. The van der Waals surface area contributed by atoms with Crippen LogP contribution in [-0.2, 0) is 9.84 Å². The van der Waals surface area contributed by atoms with E-state index in [-0.39, 0.29) is 22.3 Å². The van der Waals surface area contributed by atoms with Crippen molar-refractivity contribution in [2.45, 2.75) is 4.90 Å². The zero-order valence-corrected chi connectivity index (χ0v) is 10.4. The Kier molecular flexibility index (Phi) is 2.74. The van der Waals surface area contributed by atoms with Crippen LogP contribution in [0.2, 0.25) is 0 Å². The number of nitrogens with two attached hydrogens (primary N) is 2. The van der Waals surface area contributed by atoms with Gasteiger partial charge in [0.1, 0.15) is 5.88 Å². The zero-order chi connectivity index (χ0) is 13.5. The molecule has 4 N–H and O–H groups in total. The van der Waals surface area contributed by atoms with E-state index in [0.717, 1.165) is 0 Å². The standard InChI is InChI=1S/C10H12N4O3S/c1-14-5-18(16,17)8-4-6(2-3-7(8)14)9(15)13-10(11)12/h2-4H,5H2,1H3,(H4,11,12,13,15). The van der Waals surface area contributed by atoms with Crippen LogP contribution in [0.4, 0.5) is 5.69 Å². The first-order valence-electron chi connectivity index (χ1n) is 5.03. The van der Waals surface area contributed by atoms with Gasteiger partial charge in [-0.2, -0.15) is 4.99 Å². The second kappa shape index (κ2) is 3.98. The van der Waals surface area contributed by atoms with Crippen LogP contribution in [-0.4, -0.2) is 33.2 Å². The molecule has 1 amide bonds. The predicted molar refractivity (Wildman–Crippen MR) is 67.0 cm³/mol. The lowest BCUT2D eigenvalue weighted by molar-refractivity contribution is 0.100. The summed E-state index contributed by atoms with van der Waals surface area (Å²) < 4.78 is 23.6. The third kappa shape index (κ3) is 2.02. The molecule has 0 atom stereocenters. The van der Waals surface area contributed by atoms with Crippen LogP contribution in [0.5, 0.6) is 0 Å². The Bertz CT molecular complexity index is 647. The maximum Gasteiger partial charge on any atom is 0.280 e. The minimum atomic E-state index is -3.38. The average molecular weight is 268 g/mol. The van der Waals surface area contributed by atoms with E-state index in [9.17, 15) is 13.2 Å². The topological polar surface area (TPSA) is 119 Å². The van der Waals surface area contributed by atoms with Crippen molar-refractivity contribution < 1.29 is 13.2 Å². The Morgan fingerprint density at radius 3 is 2.67 bits per heavy atom. The monoisotopic (exact) mass is 268 g/mol. The van der Waals surface area contributed by atoms with Crippen molar-refractivity contribution in [1.82, 2.24) is 0 Å². The molecule has 0 bridgehead atoms. The van der Waals surface area contributed by atoms with Crippen LogP contribution < -0.4 is 16.4 Å². The van der Waals surface area contributed by atoms with Gasteiger partial charge in [0, 0.05) is 12.6 Å². The van der Waals surface area contributed by atoms with E-state index in [0.29, 0.717) is 5.69 Å². The van der Waals surface area contributed by atoms with Crippen molar-refractivity contribution in [3.8, 4) is 0 Å².